The number of anilines is 1. The van der Waals surface area contributed by atoms with Gasteiger partial charge >= 0.3 is 6.09 Å². The third-order valence-corrected chi connectivity index (χ3v) is 5.56. The number of likely N-dealkylation sites (tertiary alicyclic amines) is 1. The number of aromatic nitrogens is 4. The molecule has 184 valence electrons. The van der Waals surface area contributed by atoms with Crippen molar-refractivity contribution < 1.29 is 19.0 Å². The highest BCUT2D eigenvalue weighted by atomic mass is 16.6. The SMILES string of the molecule is CNc1ncnc2c1c(C#Cc1cc(OC)cc(OC)c1)nn2[C@H]1CCN(C(=O)OC(C)(C)C)C1. The Hall–Kier alpha value is -4.00. The summed E-state index contributed by atoms with van der Waals surface area (Å²) in [5.41, 5.74) is 1.38. The van der Waals surface area contributed by atoms with Crippen molar-refractivity contribution in [1.29, 1.82) is 0 Å². The van der Waals surface area contributed by atoms with Gasteiger partial charge in [-0.05, 0) is 45.2 Å². The van der Waals surface area contributed by atoms with Crippen molar-refractivity contribution in [3.63, 3.8) is 0 Å². The van der Waals surface area contributed by atoms with Crippen LogP contribution in [0.15, 0.2) is 24.5 Å². The summed E-state index contributed by atoms with van der Waals surface area (Å²) in [5.74, 6) is 8.26. The molecule has 0 saturated carbocycles. The molecule has 3 heterocycles. The highest BCUT2D eigenvalue weighted by Gasteiger charge is 2.33. The minimum absolute atomic E-state index is 0.0583. The highest BCUT2D eigenvalue weighted by Crippen LogP contribution is 2.30. The number of hydrogen-bond acceptors (Lipinski definition) is 8. The van der Waals surface area contributed by atoms with Crippen molar-refractivity contribution in [1.82, 2.24) is 24.6 Å². The van der Waals surface area contributed by atoms with Crippen LogP contribution in [-0.2, 0) is 4.74 Å². The van der Waals surface area contributed by atoms with Gasteiger partial charge in [-0.15, -0.1) is 0 Å². The summed E-state index contributed by atoms with van der Waals surface area (Å²) < 4.78 is 18.1. The molecule has 1 amide bonds. The van der Waals surface area contributed by atoms with E-state index >= 15 is 0 Å². The number of ether oxygens (including phenoxy) is 3. The van der Waals surface area contributed by atoms with Crippen LogP contribution < -0.4 is 14.8 Å². The highest BCUT2D eigenvalue weighted by molar-refractivity contribution is 5.91. The van der Waals surface area contributed by atoms with Crippen molar-refractivity contribution >= 4 is 22.9 Å². The third kappa shape index (κ3) is 5.24. The molecule has 0 unspecified atom stereocenters. The number of fused-ring (bicyclic) bond motifs is 1. The van der Waals surface area contributed by atoms with Crippen LogP contribution in [0.5, 0.6) is 11.5 Å². The Morgan fingerprint density at radius 3 is 2.46 bits per heavy atom. The molecule has 1 fully saturated rings. The van der Waals surface area contributed by atoms with Crippen LogP contribution in [-0.4, -0.2) is 70.7 Å². The van der Waals surface area contributed by atoms with Gasteiger partial charge in [0.05, 0.1) is 25.6 Å². The van der Waals surface area contributed by atoms with Crippen LogP contribution in [0, 0.1) is 11.8 Å². The van der Waals surface area contributed by atoms with Gasteiger partial charge in [0.25, 0.3) is 0 Å². The van der Waals surface area contributed by atoms with E-state index in [4.69, 9.17) is 19.3 Å². The van der Waals surface area contributed by atoms with Crippen LogP contribution in [0.2, 0.25) is 0 Å². The van der Waals surface area contributed by atoms with Crippen molar-refractivity contribution in [2.45, 2.75) is 38.8 Å². The lowest BCUT2D eigenvalue weighted by atomic mass is 10.2. The molecule has 1 atom stereocenters. The Kier molecular flexibility index (Phi) is 6.69. The summed E-state index contributed by atoms with van der Waals surface area (Å²) in [7, 11) is 4.99. The van der Waals surface area contributed by atoms with Crippen LogP contribution in [0.1, 0.15) is 44.5 Å². The zero-order valence-electron chi connectivity index (χ0n) is 20.9. The first kappa shape index (κ1) is 24.1. The Labute approximate surface area is 204 Å². The molecule has 0 bridgehead atoms. The number of rotatable bonds is 4. The first-order chi connectivity index (χ1) is 16.7. The zero-order chi connectivity index (χ0) is 25.2. The van der Waals surface area contributed by atoms with Gasteiger partial charge in [-0.2, -0.15) is 5.10 Å². The number of amides is 1. The number of hydrogen-bond donors (Lipinski definition) is 1. The number of methoxy groups -OCH3 is 2. The van der Waals surface area contributed by atoms with Gasteiger partial charge in [-0.1, -0.05) is 5.92 Å². The van der Waals surface area contributed by atoms with E-state index in [1.54, 1.807) is 32.2 Å². The summed E-state index contributed by atoms with van der Waals surface area (Å²) >= 11 is 0. The molecule has 3 aromatic rings. The van der Waals surface area contributed by atoms with Crippen LogP contribution >= 0.6 is 0 Å². The minimum Gasteiger partial charge on any atom is -0.497 e. The summed E-state index contributed by atoms with van der Waals surface area (Å²) in [6.45, 7) is 6.63. The average molecular weight is 479 g/mol. The molecule has 1 aromatic carbocycles. The summed E-state index contributed by atoms with van der Waals surface area (Å²) in [6, 6.07) is 5.40. The lowest BCUT2D eigenvalue weighted by molar-refractivity contribution is 0.0288. The smallest absolute Gasteiger partial charge is 0.410 e. The third-order valence-electron chi connectivity index (χ3n) is 5.56. The molecule has 35 heavy (non-hydrogen) atoms. The van der Waals surface area contributed by atoms with Crippen LogP contribution in [0.25, 0.3) is 11.0 Å². The van der Waals surface area contributed by atoms with E-state index in [0.717, 1.165) is 17.4 Å². The van der Waals surface area contributed by atoms with Crippen molar-refractivity contribution in [3.05, 3.63) is 35.8 Å². The number of carbonyl (C=O) groups excluding carboxylic acids is 1. The summed E-state index contributed by atoms with van der Waals surface area (Å²) in [5, 5.41) is 8.64. The normalized spacial score (nSPS) is 15.5. The largest absolute Gasteiger partial charge is 0.497 e. The molecule has 0 spiro atoms. The number of nitrogens with zero attached hydrogens (tertiary/aromatic N) is 5. The number of nitrogens with one attached hydrogen (secondary N) is 1. The van der Waals surface area contributed by atoms with E-state index in [-0.39, 0.29) is 12.1 Å². The summed E-state index contributed by atoms with van der Waals surface area (Å²) in [4.78, 5) is 23.1. The van der Waals surface area contributed by atoms with Crippen molar-refractivity contribution in [3.8, 4) is 23.3 Å². The predicted octanol–water partition coefficient (Wildman–Crippen LogP) is 3.47. The van der Waals surface area contributed by atoms with E-state index < -0.39 is 5.60 Å². The van der Waals surface area contributed by atoms with E-state index in [0.29, 0.717) is 41.7 Å². The molecular formula is C25H30N6O4. The van der Waals surface area contributed by atoms with E-state index in [1.807, 2.05) is 37.6 Å². The number of benzene rings is 1. The molecule has 4 rings (SSSR count). The topological polar surface area (TPSA) is 104 Å². The monoisotopic (exact) mass is 478 g/mol. The maximum Gasteiger partial charge on any atom is 0.410 e. The predicted molar refractivity (Wildman–Crippen MR) is 132 cm³/mol. The molecule has 0 radical (unpaired) electrons. The van der Waals surface area contributed by atoms with Crippen molar-refractivity contribution in [2.75, 3.05) is 39.7 Å². The first-order valence-corrected chi connectivity index (χ1v) is 11.4. The molecule has 2 aromatic heterocycles. The molecule has 1 aliphatic rings. The van der Waals surface area contributed by atoms with Crippen molar-refractivity contribution in [2.24, 2.45) is 0 Å². The van der Waals surface area contributed by atoms with Gasteiger partial charge in [0.15, 0.2) is 5.65 Å². The second-order valence-corrected chi connectivity index (χ2v) is 9.18. The van der Waals surface area contributed by atoms with E-state index in [9.17, 15) is 4.79 Å². The second kappa shape index (κ2) is 9.70. The fourth-order valence-corrected chi connectivity index (χ4v) is 3.95. The zero-order valence-corrected chi connectivity index (χ0v) is 20.9. The maximum atomic E-state index is 12.6. The van der Waals surface area contributed by atoms with E-state index in [2.05, 4.69) is 27.1 Å². The Bertz CT molecular complexity index is 1280. The molecule has 1 N–H and O–H groups in total. The molecule has 10 heteroatoms. The quantitative estimate of drug-likeness (QED) is 0.569. The molecular weight excluding hydrogens is 448 g/mol. The van der Waals surface area contributed by atoms with Gasteiger partial charge in [0.1, 0.15) is 34.9 Å². The molecule has 10 nitrogen and oxygen atoms in total. The molecule has 0 aliphatic carbocycles. The lowest BCUT2D eigenvalue weighted by Gasteiger charge is -2.24. The fraction of sp³-hybridized carbons (Fsp3) is 0.440. The van der Waals surface area contributed by atoms with Crippen LogP contribution in [0.3, 0.4) is 0 Å². The van der Waals surface area contributed by atoms with Gasteiger partial charge in [-0.25, -0.2) is 19.4 Å². The molecule has 1 saturated heterocycles. The number of carbonyl (C=O) groups is 1. The van der Waals surface area contributed by atoms with Gasteiger partial charge in [0.2, 0.25) is 0 Å². The first-order valence-electron chi connectivity index (χ1n) is 11.4. The Morgan fingerprint density at radius 2 is 1.83 bits per heavy atom. The van der Waals surface area contributed by atoms with E-state index in [1.165, 1.54) is 6.33 Å². The standard InChI is InChI=1S/C25H30N6O4/c1-25(2,3)35-24(32)30-10-9-17(14-30)31-23-21(22(26-4)27-15-28-23)20(29-31)8-7-16-11-18(33-5)13-19(12-16)34-6/h11-13,15,17H,9-10,14H2,1-6H3,(H,26,27,28)/t17-/m0/s1. The fourth-order valence-electron chi connectivity index (χ4n) is 3.95. The molecule has 1 aliphatic heterocycles. The lowest BCUT2D eigenvalue weighted by Crippen LogP contribution is -2.35. The van der Waals surface area contributed by atoms with Crippen LogP contribution in [0.4, 0.5) is 10.6 Å². The van der Waals surface area contributed by atoms with Gasteiger partial charge in [0, 0.05) is 31.8 Å². The average Bonchev–Trinajstić information content (AvgIpc) is 3.46. The Balaban J connectivity index is 1.70. The maximum absolute atomic E-state index is 12.6. The summed E-state index contributed by atoms with van der Waals surface area (Å²) in [6.07, 6.45) is 1.90. The minimum atomic E-state index is -0.548. The van der Waals surface area contributed by atoms with Gasteiger partial charge < -0.3 is 24.4 Å². The Morgan fingerprint density at radius 1 is 1.11 bits per heavy atom. The second-order valence-electron chi connectivity index (χ2n) is 9.18. The van der Waals surface area contributed by atoms with Gasteiger partial charge in [-0.3, -0.25) is 0 Å².